The molecular formula is C15H24N2O2S. The number of aliphatic hydroxyl groups excluding tert-OH is 1. The van der Waals surface area contributed by atoms with Crippen LogP contribution in [0.5, 0.6) is 0 Å². The van der Waals surface area contributed by atoms with Crippen LogP contribution in [0.2, 0.25) is 0 Å². The minimum Gasteiger partial charge on any atom is -0.393 e. The molecule has 0 bridgehead atoms. The molecule has 2 saturated carbocycles. The van der Waals surface area contributed by atoms with Crippen LogP contribution in [0.15, 0.2) is 0 Å². The molecule has 4 nitrogen and oxygen atoms in total. The molecule has 3 aliphatic rings. The number of nitrogens with zero attached hydrogens (tertiary/aromatic N) is 1. The lowest BCUT2D eigenvalue weighted by atomic mass is 9.73. The number of thiocarbonyl (C=S) groups is 1. The largest absolute Gasteiger partial charge is 0.393 e. The Labute approximate surface area is 125 Å². The van der Waals surface area contributed by atoms with Crippen molar-refractivity contribution in [2.45, 2.75) is 51.0 Å². The van der Waals surface area contributed by atoms with Crippen LogP contribution in [0.3, 0.4) is 0 Å². The van der Waals surface area contributed by atoms with E-state index in [-0.39, 0.29) is 17.9 Å². The number of fused-ring (bicyclic) bond motifs is 1. The van der Waals surface area contributed by atoms with E-state index in [1.54, 1.807) is 0 Å². The third kappa shape index (κ3) is 2.15. The number of likely N-dealkylation sites (tertiary alicyclic amines) is 1. The highest BCUT2D eigenvalue weighted by atomic mass is 32.1. The second-order valence-electron chi connectivity index (χ2n) is 6.79. The average Bonchev–Trinajstić information content (AvgIpc) is 3.01. The van der Waals surface area contributed by atoms with E-state index >= 15 is 0 Å². The predicted octanol–water partition coefficient (Wildman–Crippen LogP) is 1.45. The number of carbonyl (C=O) groups excluding carboxylic acids is 1. The fourth-order valence-corrected chi connectivity index (χ4v) is 4.72. The second-order valence-corrected chi connectivity index (χ2v) is 7.23. The van der Waals surface area contributed by atoms with Crippen molar-refractivity contribution in [1.82, 2.24) is 4.90 Å². The molecule has 0 aromatic rings. The van der Waals surface area contributed by atoms with Crippen LogP contribution in [-0.4, -0.2) is 40.1 Å². The Balaban J connectivity index is 1.76. The van der Waals surface area contributed by atoms with Gasteiger partial charge in [0.25, 0.3) is 0 Å². The number of nitrogens with two attached hydrogens (primary N) is 1. The highest BCUT2D eigenvalue weighted by molar-refractivity contribution is 7.80. The van der Waals surface area contributed by atoms with Gasteiger partial charge in [0, 0.05) is 19.0 Å². The third-order valence-electron chi connectivity index (χ3n) is 5.69. The summed E-state index contributed by atoms with van der Waals surface area (Å²) < 4.78 is 0. The Bertz CT molecular complexity index is 420. The van der Waals surface area contributed by atoms with E-state index in [9.17, 15) is 9.90 Å². The zero-order valence-electron chi connectivity index (χ0n) is 11.9. The van der Waals surface area contributed by atoms with Gasteiger partial charge in [-0.1, -0.05) is 31.5 Å². The lowest BCUT2D eigenvalue weighted by Crippen LogP contribution is -2.51. The van der Waals surface area contributed by atoms with Gasteiger partial charge in [-0.25, -0.2) is 0 Å². The fraction of sp³-hybridized carbons (Fsp3) is 0.867. The minimum atomic E-state index is -0.600. The normalized spacial score (nSPS) is 35.9. The molecule has 3 fully saturated rings. The molecule has 5 heteroatoms. The van der Waals surface area contributed by atoms with E-state index in [1.165, 1.54) is 6.42 Å². The van der Waals surface area contributed by atoms with Crippen LogP contribution in [0.4, 0.5) is 0 Å². The monoisotopic (exact) mass is 296 g/mol. The van der Waals surface area contributed by atoms with E-state index in [1.807, 2.05) is 4.90 Å². The average molecular weight is 296 g/mol. The second kappa shape index (κ2) is 5.26. The number of carbonyl (C=O) groups is 1. The molecule has 1 aliphatic heterocycles. The van der Waals surface area contributed by atoms with E-state index in [4.69, 9.17) is 18.0 Å². The topological polar surface area (TPSA) is 66.6 Å². The lowest BCUT2D eigenvalue weighted by molar-refractivity contribution is -0.139. The molecule has 0 spiro atoms. The summed E-state index contributed by atoms with van der Waals surface area (Å²) in [7, 11) is 0. The van der Waals surface area contributed by atoms with Crippen LogP contribution in [0.25, 0.3) is 0 Å². The van der Waals surface area contributed by atoms with Crippen molar-refractivity contribution < 1.29 is 9.90 Å². The van der Waals surface area contributed by atoms with E-state index < -0.39 is 5.41 Å². The number of rotatable bonds is 2. The van der Waals surface area contributed by atoms with Gasteiger partial charge in [0.2, 0.25) is 5.91 Å². The molecule has 112 valence electrons. The minimum absolute atomic E-state index is 0.131. The van der Waals surface area contributed by atoms with Crippen molar-refractivity contribution in [2.75, 3.05) is 13.1 Å². The van der Waals surface area contributed by atoms with Gasteiger partial charge in [-0.3, -0.25) is 4.79 Å². The van der Waals surface area contributed by atoms with Crippen LogP contribution in [0.1, 0.15) is 44.9 Å². The number of aliphatic hydroxyl groups is 1. The summed E-state index contributed by atoms with van der Waals surface area (Å²) in [5.41, 5.74) is 5.35. The number of hydrogen-bond acceptors (Lipinski definition) is 3. The standard InChI is InChI=1S/C15H24N2O2S/c16-13(20)15(6-2-1-3-7-15)14(19)17-8-10-4-5-12(18)11(10)9-17/h10-12,18H,1-9H2,(H2,16,20). The maximum atomic E-state index is 13.0. The maximum absolute atomic E-state index is 13.0. The molecule has 0 aromatic carbocycles. The van der Waals surface area contributed by atoms with Gasteiger partial charge in [-0.15, -0.1) is 0 Å². The zero-order chi connectivity index (χ0) is 14.3. The molecular weight excluding hydrogens is 272 g/mol. The number of hydrogen-bond donors (Lipinski definition) is 2. The summed E-state index contributed by atoms with van der Waals surface area (Å²) in [5.74, 6) is 0.873. The fourth-order valence-electron chi connectivity index (χ4n) is 4.43. The Morgan fingerprint density at radius 1 is 1.20 bits per heavy atom. The molecule has 3 unspecified atom stereocenters. The Hall–Kier alpha value is -0.680. The van der Waals surface area contributed by atoms with Gasteiger partial charge < -0.3 is 15.7 Å². The SMILES string of the molecule is NC(=S)C1(C(=O)N2CC3CCC(O)C3C2)CCCCC1. The Morgan fingerprint density at radius 3 is 2.50 bits per heavy atom. The summed E-state index contributed by atoms with van der Waals surface area (Å²) in [5, 5.41) is 9.99. The molecule has 20 heavy (non-hydrogen) atoms. The molecule has 1 heterocycles. The Morgan fingerprint density at radius 2 is 1.90 bits per heavy atom. The Kier molecular flexibility index (Phi) is 3.75. The van der Waals surface area contributed by atoms with Crippen molar-refractivity contribution in [3.8, 4) is 0 Å². The van der Waals surface area contributed by atoms with Crippen molar-refractivity contribution in [1.29, 1.82) is 0 Å². The molecule has 0 aromatic heterocycles. The lowest BCUT2D eigenvalue weighted by Gasteiger charge is -2.38. The van der Waals surface area contributed by atoms with Gasteiger partial charge in [-0.2, -0.15) is 0 Å². The van der Waals surface area contributed by atoms with Crippen molar-refractivity contribution in [3.63, 3.8) is 0 Å². The van der Waals surface area contributed by atoms with E-state index in [2.05, 4.69) is 0 Å². The smallest absolute Gasteiger partial charge is 0.235 e. The van der Waals surface area contributed by atoms with Crippen LogP contribution in [-0.2, 0) is 4.79 Å². The number of amides is 1. The summed E-state index contributed by atoms with van der Waals surface area (Å²) in [6.07, 6.45) is 6.53. The first-order valence-corrected chi connectivity index (χ1v) is 8.23. The zero-order valence-corrected chi connectivity index (χ0v) is 12.7. The van der Waals surface area contributed by atoms with Crippen LogP contribution in [0, 0.1) is 17.3 Å². The van der Waals surface area contributed by atoms with Crippen LogP contribution >= 0.6 is 12.2 Å². The maximum Gasteiger partial charge on any atom is 0.235 e. The van der Waals surface area contributed by atoms with Crippen LogP contribution < -0.4 is 5.73 Å². The molecule has 3 rings (SSSR count). The van der Waals surface area contributed by atoms with E-state index in [0.29, 0.717) is 17.5 Å². The van der Waals surface area contributed by atoms with Gasteiger partial charge in [0.1, 0.15) is 0 Å². The molecule has 2 aliphatic carbocycles. The molecule has 0 radical (unpaired) electrons. The highest BCUT2D eigenvalue weighted by Crippen LogP contribution is 2.43. The summed E-state index contributed by atoms with van der Waals surface area (Å²) in [6.45, 7) is 1.47. The molecule has 3 atom stereocenters. The van der Waals surface area contributed by atoms with Gasteiger partial charge in [0.15, 0.2) is 0 Å². The summed E-state index contributed by atoms with van der Waals surface area (Å²) in [4.78, 5) is 15.3. The quantitative estimate of drug-likeness (QED) is 0.757. The van der Waals surface area contributed by atoms with Gasteiger partial charge >= 0.3 is 0 Å². The van der Waals surface area contributed by atoms with Crippen molar-refractivity contribution in [2.24, 2.45) is 23.0 Å². The molecule has 1 amide bonds. The summed E-state index contributed by atoms with van der Waals surface area (Å²) >= 11 is 5.24. The first-order chi connectivity index (χ1) is 9.54. The van der Waals surface area contributed by atoms with Gasteiger partial charge in [-0.05, 0) is 31.6 Å². The predicted molar refractivity (Wildman–Crippen MR) is 81.1 cm³/mol. The first-order valence-electron chi connectivity index (χ1n) is 7.82. The van der Waals surface area contributed by atoms with Crippen molar-refractivity contribution >= 4 is 23.1 Å². The van der Waals surface area contributed by atoms with E-state index in [0.717, 1.165) is 45.1 Å². The third-order valence-corrected chi connectivity index (χ3v) is 6.09. The van der Waals surface area contributed by atoms with Crippen molar-refractivity contribution in [3.05, 3.63) is 0 Å². The molecule has 1 saturated heterocycles. The highest BCUT2D eigenvalue weighted by Gasteiger charge is 2.50. The summed E-state index contributed by atoms with van der Waals surface area (Å²) in [6, 6.07) is 0. The molecule has 3 N–H and O–H groups in total. The van der Waals surface area contributed by atoms with Gasteiger partial charge in [0.05, 0.1) is 16.5 Å². The first kappa shape index (κ1) is 14.3.